The van der Waals surface area contributed by atoms with Crippen LogP contribution in [0.25, 0.3) is 10.1 Å². The van der Waals surface area contributed by atoms with Crippen LogP contribution in [0.4, 0.5) is 0 Å². The molecule has 0 saturated heterocycles. The molecule has 8 heteroatoms. The van der Waals surface area contributed by atoms with Crippen LogP contribution >= 0.6 is 11.3 Å². The predicted molar refractivity (Wildman–Crippen MR) is 124 cm³/mol. The van der Waals surface area contributed by atoms with Gasteiger partial charge in [-0.1, -0.05) is 12.1 Å². The zero-order valence-corrected chi connectivity index (χ0v) is 19.2. The molecule has 2 aliphatic carbocycles. The normalized spacial score (nSPS) is 20.4. The van der Waals surface area contributed by atoms with Gasteiger partial charge in [-0.05, 0) is 66.8 Å². The fourth-order valence-electron chi connectivity index (χ4n) is 4.16. The van der Waals surface area contributed by atoms with Gasteiger partial charge in [0.1, 0.15) is 11.9 Å². The van der Waals surface area contributed by atoms with Crippen molar-refractivity contribution >= 4 is 33.4 Å². The highest BCUT2D eigenvalue weighted by molar-refractivity contribution is 7.17. The molecular weight excluding hydrogens is 438 g/mol. The summed E-state index contributed by atoms with van der Waals surface area (Å²) in [7, 11) is 0. The molecule has 0 spiro atoms. The summed E-state index contributed by atoms with van der Waals surface area (Å²) in [5, 5.41) is 15.2. The van der Waals surface area contributed by atoms with Gasteiger partial charge in [-0.15, -0.1) is 11.3 Å². The standard InChI is InChI=1S/C25H25N3O4S/c1-13-19(24(29)31-10-14-5-6-14)20(18-12-33-22-16(9-26)3-2-4-17(18)22)21(23(27)28-13)25(30)32-11-15-7-8-15/h2-4,12,14-15,20,28H,5-8,10-11,27H2,1H3. The Bertz CT molecular complexity index is 1190. The third kappa shape index (κ3) is 4.21. The van der Waals surface area contributed by atoms with Crippen LogP contribution in [0.2, 0.25) is 0 Å². The molecule has 0 bridgehead atoms. The van der Waals surface area contributed by atoms with Crippen LogP contribution in [0, 0.1) is 23.2 Å². The average molecular weight is 464 g/mol. The van der Waals surface area contributed by atoms with Crippen molar-refractivity contribution in [2.24, 2.45) is 17.6 Å². The number of nitrogens with one attached hydrogen (secondary N) is 1. The molecule has 0 radical (unpaired) electrons. The van der Waals surface area contributed by atoms with Crippen molar-refractivity contribution in [2.75, 3.05) is 13.2 Å². The Morgan fingerprint density at radius 3 is 2.36 bits per heavy atom. The lowest BCUT2D eigenvalue weighted by atomic mass is 9.81. The molecule has 0 amide bonds. The molecule has 170 valence electrons. The average Bonchev–Trinajstić information content (AvgIpc) is 3.73. The molecule has 1 unspecified atom stereocenters. The molecule has 2 fully saturated rings. The monoisotopic (exact) mass is 463 g/mol. The number of hydrogen-bond donors (Lipinski definition) is 2. The van der Waals surface area contributed by atoms with E-state index in [1.54, 1.807) is 19.1 Å². The van der Waals surface area contributed by atoms with Gasteiger partial charge in [0.05, 0.1) is 40.5 Å². The van der Waals surface area contributed by atoms with Crippen LogP contribution in [0.5, 0.6) is 0 Å². The molecule has 2 heterocycles. The smallest absolute Gasteiger partial charge is 0.338 e. The number of benzene rings is 1. The van der Waals surface area contributed by atoms with Crippen LogP contribution in [-0.4, -0.2) is 25.2 Å². The summed E-state index contributed by atoms with van der Waals surface area (Å²) in [5.41, 5.74) is 8.72. The molecule has 3 aliphatic rings. The number of hydrogen-bond acceptors (Lipinski definition) is 8. The molecule has 1 aromatic heterocycles. The summed E-state index contributed by atoms with van der Waals surface area (Å²) in [6, 6.07) is 7.68. The number of dihydropyridines is 1. The zero-order chi connectivity index (χ0) is 23.1. The third-order valence-electron chi connectivity index (χ3n) is 6.39. The van der Waals surface area contributed by atoms with Crippen LogP contribution in [0.3, 0.4) is 0 Å². The van der Waals surface area contributed by atoms with Crippen molar-refractivity contribution in [1.82, 2.24) is 5.32 Å². The van der Waals surface area contributed by atoms with E-state index in [0.717, 1.165) is 41.3 Å². The van der Waals surface area contributed by atoms with Gasteiger partial charge in [-0.2, -0.15) is 5.26 Å². The minimum atomic E-state index is -0.743. The molecular formula is C25H25N3O4S. The second-order valence-corrected chi connectivity index (χ2v) is 9.87. The van der Waals surface area contributed by atoms with Crippen LogP contribution in [-0.2, 0) is 19.1 Å². The van der Waals surface area contributed by atoms with E-state index < -0.39 is 17.9 Å². The Kier molecular flexibility index (Phi) is 5.59. The minimum Gasteiger partial charge on any atom is -0.462 e. The summed E-state index contributed by atoms with van der Waals surface area (Å²) >= 11 is 1.41. The number of esters is 2. The number of ether oxygens (including phenoxy) is 2. The summed E-state index contributed by atoms with van der Waals surface area (Å²) in [5.74, 6) is -0.764. The lowest BCUT2D eigenvalue weighted by Gasteiger charge is -2.29. The Morgan fingerprint density at radius 2 is 1.76 bits per heavy atom. The Balaban J connectivity index is 1.59. The van der Waals surface area contributed by atoms with Gasteiger partial charge >= 0.3 is 11.9 Å². The first-order valence-electron chi connectivity index (χ1n) is 11.2. The second-order valence-electron chi connectivity index (χ2n) is 8.99. The number of carbonyl (C=O) groups excluding carboxylic acids is 2. The van der Waals surface area contributed by atoms with E-state index in [1.165, 1.54) is 11.3 Å². The highest BCUT2D eigenvalue weighted by atomic mass is 32.1. The van der Waals surface area contributed by atoms with Gasteiger partial charge in [0, 0.05) is 5.70 Å². The molecule has 1 aliphatic heterocycles. The van der Waals surface area contributed by atoms with Gasteiger partial charge in [0.15, 0.2) is 0 Å². The molecule has 2 aromatic rings. The van der Waals surface area contributed by atoms with E-state index in [2.05, 4.69) is 11.4 Å². The number of nitrogens with zero attached hydrogens (tertiary/aromatic N) is 1. The maximum absolute atomic E-state index is 13.3. The first kappa shape index (κ1) is 21.5. The van der Waals surface area contributed by atoms with Crippen molar-refractivity contribution in [3.63, 3.8) is 0 Å². The number of nitrogens with two attached hydrogens (primary N) is 1. The van der Waals surface area contributed by atoms with Gasteiger partial charge in [-0.25, -0.2) is 9.59 Å². The van der Waals surface area contributed by atoms with Crippen LogP contribution < -0.4 is 11.1 Å². The minimum absolute atomic E-state index is 0.174. The number of allylic oxidation sites excluding steroid dienone is 1. The maximum Gasteiger partial charge on any atom is 0.338 e. The van der Waals surface area contributed by atoms with E-state index in [0.29, 0.717) is 41.9 Å². The number of rotatable bonds is 7. The molecule has 3 N–H and O–H groups in total. The van der Waals surface area contributed by atoms with E-state index in [9.17, 15) is 14.9 Å². The molecule has 1 atom stereocenters. The van der Waals surface area contributed by atoms with Gasteiger partial charge in [-0.3, -0.25) is 0 Å². The fraction of sp³-hybridized carbons (Fsp3) is 0.400. The first-order valence-corrected chi connectivity index (χ1v) is 12.1. The van der Waals surface area contributed by atoms with Gasteiger partial charge in [0.2, 0.25) is 0 Å². The molecule has 33 heavy (non-hydrogen) atoms. The van der Waals surface area contributed by atoms with Gasteiger partial charge in [0.25, 0.3) is 0 Å². The fourth-order valence-corrected chi connectivity index (χ4v) is 5.22. The lowest BCUT2D eigenvalue weighted by Crippen LogP contribution is -2.36. The molecule has 2 saturated carbocycles. The van der Waals surface area contributed by atoms with Crippen molar-refractivity contribution in [3.05, 3.63) is 57.4 Å². The van der Waals surface area contributed by atoms with Crippen molar-refractivity contribution in [1.29, 1.82) is 5.26 Å². The van der Waals surface area contributed by atoms with Crippen molar-refractivity contribution in [3.8, 4) is 6.07 Å². The van der Waals surface area contributed by atoms with E-state index in [4.69, 9.17) is 15.2 Å². The Labute approximate surface area is 195 Å². The lowest BCUT2D eigenvalue weighted by molar-refractivity contribution is -0.140. The zero-order valence-electron chi connectivity index (χ0n) is 18.3. The summed E-state index contributed by atoms with van der Waals surface area (Å²) in [6.07, 6.45) is 4.22. The summed E-state index contributed by atoms with van der Waals surface area (Å²) in [6.45, 7) is 2.47. The Hall–Kier alpha value is -3.31. The summed E-state index contributed by atoms with van der Waals surface area (Å²) in [4.78, 5) is 26.5. The highest BCUT2D eigenvalue weighted by Crippen LogP contribution is 2.44. The third-order valence-corrected chi connectivity index (χ3v) is 7.44. The maximum atomic E-state index is 13.3. The van der Waals surface area contributed by atoms with Crippen LogP contribution in [0.15, 0.2) is 46.2 Å². The number of fused-ring (bicyclic) bond motifs is 1. The number of thiophene rings is 1. The van der Waals surface area contributed by atoms with E-state index in [1.807, 2.05) is 11.4 Å². The Morgan fingerprint density at radius 1 is 1.12 bits per heavy atom. The van der Waals surface area contributed by atoms with Crippen LogP contribution in [0.1, 0.15) is 49.7 Å². The van der Waals surface area contributed by atoms with Crippen molar-refractivity contribution in [2.45, 2.75) is 38.5 Å². The summed E-state index contributed by atoms with van der Waals surface area (Å²) < 4.78 is 12.0. The molecule has 1 aromatic carbocycles. The van der Waals surface area contributed by atoms with Crippen molar-refractivity contribution < 1.29 is 19.1 Å². The van der Waals surface area contributed by atoms with Gasteiger partial charge < -0.3 is 20.5 Å². The van der Waals surface area contributed by atoms with E-state index in [-0.39, 0.29) is 11.4 Å². The number of nitriles is 1. The second kappa shape index (κ2) is 8.56. The SMILES string of the molecule is CC1=C(C(=O)OCC2CC2)C(c2csc3c(C#N)cccc23)C(C(=O)OCC2CC2)=C(N)N1. The first-order chi connectivity index (χ1) is 16.0. The van der Waals surface area contributed by atoms with E-state index >= 15 is 0 Å². The number of carbonyl (C=O) groups is 2. The molecule has 5 rings (SSSR count). The predicted octanol–water partition coefficient (Wildman–Crippen LogP) is 3.81. The quantitative estimate of drug-likeness (QED) is 0.600. The molecule has 7 nitrogen and oxygen atoms in total. The largest absolute Gasteiger partial charge is 0.462 e. The topological polar surface area (TPSA) is 114 Å². The highest BCUT2D eigenvalue weighted by Gasteiger charge is 2.40.